The molecule has 0 unspecified atom stereocenters. The largest absolute Gasteiger partial charge is 0.496 e. The third-order valence-electron chi connectivity index (χ3n) is 7.46. The third kappa shape index (κ3) is 6.55. The highest BCUT2D eigenvalue weighted by molar-refractivity contribution is 7.98. The Balaban J connectivity index is 1.37. The Morgan fingerprint density at radius 3 is 2.54 bits per heavy atom. The van der Waals surface area contributed by atoms with E-state index in [-0.39, 0.29) is 5.91 Å². The van der Waals surface area contributed by atoms with Crippen molar-refractivity contribution >= 4 is 35.5 Å². The van der Waals surface area contributed by atoms with E-state index in [1.165, 1.54) is 30.4 Å². The number of carbonyl (C=O) groups excluding carboxylic acids is 1. The molecule has 1 aliphatic carbocycles. The second kappa shape index (κ2) is 12.5. The molecule has 206 valence electrons. The van der Waals surface area contributed by atoms with Gasteiger partial charge in [-0.15, -0.1) is 11.8 Å². The maximum atomic E-state index is 11.9. The molecule has 1 saturated carbocycles. The molecule has 0 bridgehead atoms. The van der Waals surface area contributed by atoms with Crippen molar-refractivity contribution in [2.24, 2.45) is 0 Å². The van der Waals surface area contributed by atoms with E-state index in [1.54, 1.807) is 25.9 Å². The molecule has 9 nitrogen and oxygen atoms in total. The zero-order valence-corrected chi connectivity index (χ0v) is 23.7. The summed E-state index contributed by atoms with van der Waals surface area (Å²) in [6.07, 6.45) is 9.01. The van der Waals surface area contributed by atoms with Crippen molar-refractivity contribution in [3.05, 3.63) is 58.7 Å². The van der Waals surface area contributed by atoms with Crippen LogP contribution in [0.15, 0.2) is 41.3 Å². The van der Waals surface area contributed by atoms with Crippen LogP contribution in [0.25, 0.3) is 0 Å². The Hall–Kier alpha value is -3.53. The van der Waals surface area contributed by atoms with Crippen LogP contribution < -0.4 is 25.6 Å². The summed E-state index contributed by atoms with van der Waals surface area (Å²) in [7, 11) is 3.36. The summed E-state index contributed by atoms with van der Waals surface area (Å²) in [5, 5.41) is 9.62. The van der Waals surface area contributed by atoms with E-state index in [1.807, 2.05) is 24.3 Å². The van der Waals surface area contributed by atoms with E-state index in [4.69, 9.17) is 19.7 Å². The molecule has 3 N–H and O–H groups in total. The van der Waals surface area contributed by atoms with E-state index in [2.05, 4.69) is 39.2 Å². The van der Waals surface area contributed by atoms with Gasteiger partial charge in [-0.05, 0) is 66.5 Å². The number of methoxy groups -OCH3 is 1. The van der Waals surface area contributed by atoms with E-state index in [0.717, 1.165) is 48.6 Å². The van der Waals surface area contributed by atoms with Crippen molar-refractivity contribution in [3.8, 4) is 5.75 Å². The lowest BCUT2D eigenvalue weighted by Gasteiger charge is -2.30. The number of hydrogen-bond acceptors (Lipinski definition) is 9. The Morgan fingerprint density at radius 2 is 1.82 bits per heavy atom. The van der Waals surface area contributed by atoms with Gasteiger partial charge in [0, 0.05) is 43.2 Å². The smallest absolute Gasteiger partial charge is 0.251 e. The number of thioether (sulfide) groups is 1. The summed E-state index contributed by atoms with van der Waals surface area (Å²) in [4.78, 5) is 29.7. The van der Waals surface area contributed by atoms with Gasteiger partial charge in [0.15, 0.2) is 0 Å². The molecule has 1 aromatic heterocycles. The van der Waals surface area contributed by atoms with Crippen LogP contribution in [0.3, 0.4) is 0 Å². The molecular weight excluding hydrogens is 510 g/mol. The Kier molecular flexibility index (Phi) is 8.71. The molecule has 0 spiro atoms. The maximum Gasteiger partial charge on any atom is 0.251 e. The molecule has 10 heteroatoms. The summed E-state index contributed by atoms with van der Waals surface area (Å²) >= 11 is 1.70. The Morgan fingerprint density at radius 1 is 1.05 bits per heavy atom. The lowest BCUT2D eigenvalue weighted by atomic mass is 9.96. The third-order valence-corrected chi connectivity index (χ3v) is 8.22. The van der Waals surface area contributed by atoms with Crippen LogP contribution >= 0.6 is 11.8 Å². The molecule has 0 atom stereocenters. The van der Waals surface area contributed by atoms with Crippen molar-refractivity contribution in [3.63, 3.8) is 0 Å². The fourth-order valence-electron chi connectivity index (χ4n) is 5.23. The molecule has 2 aromatic carbocycles. The van der Waals surface area contributed by atoms with Gasteiger partial charge >= 0.3 is 0 Å². The number of hydrogen-bond donors (Lipinski definition) is 3. The van der Waals surface area contributed by atoms with Crippen LogP contribution in [0, 0.1) is 0 Å². The number of nitrogens with zero attached hydrogens (tertiary/aromatic N) is 4. The van der Waals surface area contributed by atoms with Gasteiger partial charge in [0.2, 0.25) is 17.8 Å². The van der Waals surface area contributed by atoms with Crippen molar-refractivity contribution in [2.45, 2.75) is 62.6 Å². The molecule has 2 heterocycles. The number of aromatic nitrogens is 3. The molecule has 5 rings (SSSR count). The highest BCUT2D eigenvalue weighted by atomic mass is 32.2. The van der Waals surface area contributed by atoms with Gasteiger partial charge in [-0.1, -0.05) is 31.4 Å². The molecule has 39 heavy (non-hydrogen) atoms. The summed E-state index contributed by atoms with van der Waals surface area (Å²) in [5.41, 5.74) is 4.26. The summed E-state index contributed by atoms with van der Waals surface area (Å²) < 4.78 is 5.60. The summed E-state index contributed by atoms with van der Waals surface area (Å²) in [6, 6.07) is 12.3. The van der Waals surface area contributed by atoms with Gasteiger partial charge in [0.25, 0.3) is 5.91 Å². The second-order valence-electron chi connectivity index (χ2n) is 10.0. The lowest BCUT2D eigenvalue weighted by molar-refractivity contribution is 0.0963. The molecule has 2 aliphatic rings. The van der Waals surface area contributed by atoms with Gasteiger partial charge in [-0.3, -0.25) is 4.79 Å². The standard InChI is InChI=1S/C29H37N7O2S/c1-30-26(37)20-11-9-19(10-12-20)17-31-27-33-28(32-23-7-5-4-6-8-23)35-29(34-27)36-14-13-21-15-24(38-2)25(39-3)16-22(21)18-36/h9-12,15-16,23H,4-8,13-14,17-18H2,1-3H3,(H,30,37)(H2,31,32,33,34,35). The molecule has 3 aromatic rings. The van der Waals surface area contributed by atoms with Gasteiger partial charge in [0.05, 0.1) is 7.11 Å². The number of fused-ring (bicyclic) bond motifs is 1. The monoisotopic (exact) mass is 547 g/mol. The minimum Gasteiger partial charge on any atom is -0.496 e. The zero-order chi connectivity index (χ0) is 27.2. The van der Waals surface area contributed by atoms with Crippen molar-refractivity contribution < 1.29 is 9.53 Å². The SMILES string of the molecule is CNC(=O)c1ccc(CNc2nc(NC3CCCCC3)nc(N3CCc4cc(OC)c(SC)cc4C3)n2)cc1. The first-order valence-electron chi connectivity index (χ1n) is 13.6. The van der Waals surface area contributed by atoms with Gasteiger partial charge < -0.3 is 25.6 Å². The predicted octanol–water partition coefficient (Wildman–Crippen LogP) is 4.88. The normalized spacial score (nSPS) is 15.4. The summed E-state index contributed by atoms with van der Waals surface area (Å²) in [5.74, 6) is 2.67. The maximum absolute atomic E-state index is 11.9. The zero-order valence-electron chi connectivity index (χ0n) is 22.9. The van der Waals surface area contributed by atoms with Gasteiger partial charge in [-0.25, -0.2) is 0 Å². The number of ether oxygens (including phenoxy) is 1. The number of nitrogens with one attached hydrogen (secondary N) is 3. The average Bonchev–Trinajstić information content (AvgIpc) is 2.99. The minimum absolute atomic E-state index is 0.0961. The van der Waals surface area contributed by atoms with Crippen LogP contribution in [-0.2, 0) is 19.5 Å². The number of anilines is 3. The van der Waals surface area contributed by atoms with Crippen molar-refractivity contribution in [1.82, 2.24) is 20.3 Å². The van der Waals surface area contributed by atoms with Crippen LogP contribution in [0.1, 0.15) is 59.2 Å². The lowest BCUT2D eigenvalue weighted by Crippen LogP contribution is -2.33. The quantitative estimate of drug-likeness (QED) is 0.323. The second-order valence-corrected chi connectivity index (χ2v) is 10.9. The number of carbonyl (C=O) groups is 1. The van der Waals surface area contributed by atoms with Crippen LogP contribution in [-0.4, -0.2) is 53.9 Å². The number of benzene rings is 2. The summed E-state index contributed by atoms with van der Waals surface area (Å²) in [6.45, 7) is 2.10. The first-order valence-corrected chi connectivity index (χ1v) is 14.8. The average molecular weight is 548 g/mol. The van der Waals surface area contributed by atoms with Gasteiger partial charge in [0.1, 0.15) is 5.75 Å². The fraction of sp³-hybridized carbons (Fsp3) is 0.448. The minimum atomic E-state index is -0.0961. The molecule has 1 fully saturated rings. The van der Waals surface area contributed by atoms with E-state index >= 15 is 0 Å². The predicted molar refractivity (Wildman–Crippen MR) is 157 cm³/mol. The molecular formula is C29H37N7O2S. The Bertz CT molecular complexity index is 1300. The van der Waals surface area contributed by atoms with Crippen molar-refractivity contribution in [1.29, 1.82) is 0 Å². The molecule has 1 aliphatic heterocycles. The topological polar surface area (TPSA) is 104 Å². The van der Waals surface area contributed by atoms with Crippen molar-refractivity contribution in [2.75, 3.05) is 42.5 Å². The van der Waals surface area contributed by atoms with Crippen LogP contribution in [0.5, 0.6) is 5.75 Å². The van der Waals surface area contributed by atoms with E-state index < -0.39 is 0 Å². The van der Waals surface area contributed by atoms with Gasteiger partial charge in [-0.2, -0.15) is 15.0 Å². The molecule has 0 radical (unpaired) electrons. The Labute approximate surface area is 234 Å². The fourth-order valence-corrected chi connectivity index (χ4v) is 5.84. The molecule has 0 saturated heterocycles. The van der Waals surface area contributed by atoms with Crippen LogP contribution in [0.2, 0.25) is 0 Å². The first-order chi connectivity index (χ1) is 19.1. The first kappa shape index (κ1) is 27.1. The molecule has 1 amide bonds. The highest BCUT2D eigenvalue weighted by Gasteiger charge is 2.23. The number of amides is 1. The highest BCUT2D eigenvalue weighted by Crippen LogP contribution is 2.34. The van der Waals surface area contributed by atoms with E-state index in [0.29, 0.717) is 36.0 Å². The van der Waals surface area contributed by atoms with E-state index in [9.17, 15) is 4.79 Å². The van der Waals surface area contributed by atoms with Crippen LogP contribution in [0.4, 0.5) is 17.8 Å². The number of rotatable bonds is 9.